The fraction of sp³-hybridized carbons (Fsp3) is 0.0909. The maximum absolute atomic E-state index is 6.10. The molecule has 0 amide bonds. The molecule has 1 aromatic carbocycles. The number of halogens is 1. The molecular formula is C22H18ClN7. The van der Waals surface area contributed by atoms with Gasteiger partial charge in [-0.15, -0.1) is 5.10 Å². The summed E-state index contributed by atoms with van der Waals surface area (Å²) < 4.78 is 3.57. The molecule has 0 fully saturated rings. The van der Waals surface area contributed by atoms with Gasteiger partial charge in [-0.3, -0.25) is 0 Å². The van der Waals surface area contributed by atoms with Crippen LogP contribution in [0.4, 0.5) is 5.82 Å². The smallest absolute Gasteiger partial charge is 0.155 e. The predicted molar refractivity (Wildman–Crippen MR) is 117 cm³/mol. The zero-order valence-corrected chi connectivity index (χ0v) is 17.0. The average molecular weight is 416 g/mol. The van der Waals surface area contributed by atoms with E-state index in [9.17, 15) is 0 Å². The number of aromatic nitrogens is 6. The number of hydrogen-bond acceptors (Lipinski definition) is 5. The van der Waals surface area contributed by atoms with Crippen LogP contribution in [0.1, 0.15) is 11.3 Å². The lowest BCUT2D eigenvalue weighted by molar-refractivity contribution is 0.845. The molecule has 0 aliphatic heterocycles. The molecule has 5 aromatic rings. The summed E-state index contributed by atoms with van der Waals surface area (Å²) >= 11 is 6.10. The molecule has 4 heterocycles. The van der Waals surface area contributed by atoms with Gasteiger partial charge in [-0.05, 0) is 48.9 Å². The summed E-state index contributed by atoms with van der Waals surface area (Å²) in [5.74, 6) is 1.50. The molecule has 0 aliphatic carbocycles. The van der Waals surface area contributed by atoms with Crippen molar-refractivity contribution in [2.75, 3.05) is 5.32 Å². The molecule has 148 valence electrons. The quantitative estimate of drug-likeness (QED) is 0.456. The number of pyridine rings is 2. The third-order valence-corrected chi connectivity index (χ3v) is 4.97. The molecule has 0 saturated heterocycles. The highest BCUT2D eigenvalue weighted by atomic mass is 35.5. The second-order valence-electron chi connectivity index (χ2n) is 6.93. The van der Waals surface area contributed by atoms with Crippen LogP contribution >= 0.6 is 11.6 Å². The van der Waals surface area contributed by atoms with Gasteiger partial charge in [-0.25, -0.2) is 19.2 Å². The Morgan fingerprint density at radius 3 is 2.80 bits per heavy atom. The van der Waals surface area contributed by atoms with Crippen LogP contribution in [0.5, 0.6) is 0 Å². The van der Waals surface area contributed by atoms with Crippen LogP contribution < -0.4 is 5.32 Å². The molecule has 0 spiro atoms. The highest BCUT2D eigenvalue weighted by Crippen LogP contribution is 2.26. The van der Waals surface area contributed by atoms with Crippen LogP contribution in [0.3, 0.4) is 0 Å². The molecule has 5 rings (SSSR count). The minimum Gasteiger partial charge on any atom is -0.364 e. The van der Waals surface area contributed by atoms with Crippen LogP contribution in [0.2, 0.25) is 5.02 Å². The van der Waals surface area contributed by atoms with Crippen molar-refractivity contribution in [1.82, 2.24) is 29.4 Å². The topological polar surface area (TPSA) is 72.9 Å². The van der Waals surface area contributed by atoms with Crippen molar-refractivity contribution in [3.05, 3.63) is 89.5 Å². The first-order chi connectivity index (χ1) is 14.7. The van der Waals surface area contributed by atoms with E-state index in [1.54, 1.807) is 4.52 Å². The molecule has 30 heavy (non-hydrogen) atoms. The molecule has 8 heteroatoms. The van der Waals surface area contributed by atoms with Gasteiger partial charge in [0.25, 0.3) is 0 Å². The van der Waals surface area contributed by atoms with Crippen LogP contribution in [-0.2, 0) is 6.54 Å². The third-order valence-electron chi connectivity index (χ3n) is 4.74. The fourth-order valence-corrected chi connectivity index (χ4v) is 3.52. The SMILES string of the molecule is Cc1cccc(-n2nc(NCc3cccc(Cl)c3)cc2-c2ccn3ncnc3c2)n1. The first-order valence-electron chi connectivity index (χ1n) is 9.48. The summed E-state index contributed by atoms with van der Waals surface area (Å²) in [6.45, 7) is 2.58. The molecule has 0 bridgehead atoms. The molecule has 0 saturated carbocycles. The van der Waals surface area contributed by atoms with Crippen LogP contribution in [0, 0.1) is 6.92 Å². The third kappa shape index (κ3) is 3.62. The minimum atomic E-state index is 0.613. The van der Waals surface area contributed by atoms with E-state index in [2.05, 4.69) is 20.4 Å². The fourth-order valence-electron chi connectivity index (χ4n) is 3.31. The van der Waals surface area contributed by atoms with Crippen molar-refractivity contribution in [2.45, 2.75) is 13.5 Å². The standard InChI is InChI=1S/C22H18ClN7/c1-15-4-2-7-21(27-15)30-19(17-8-9-29-22(11-17)25-14-26-29)12-20(28-30)24-13-16-5-3-6-18(23)10-16/h2-12,14H,13H2,1H3,(H,24,28). The van der Waals surface area contributed by atoms with E-state index >= 15 is 0 Å². The number of aryl methyl sites for hydroxylation is 1. The summed E-state index contributed by atoms with van der Waals surface area (Å²) in [4.78, 5) is 8.94. The van der Waals surface area contributed by atoms with Crippen LogP contribution in [-0.4, -0.2) is 29.4 Å². The van der Waals surface area contributed by atoms with Gasteiger partial charge in [-0.1, -0.05) is 29.8 Å². The second kappa shape index (κ2) is 7.61. The van der Waals surface area contributed by atoms with Crippen molar-refractivity contribution < 1.29 is 0 Å². The van der Waals surface area contributed by atoms with E-state index in [1.807, 2.05) is 78.5 Å². The summed E-state index contributed by atoms with van der Waals surface area (Å²) in [6, 6.07) is 19.6. The van der Waals surface area contributed by atoms with Gasteiger partial charge in [0, 0.05) is 35.1 Å². The normalized spacial score (nSPS) is 11.1. The van der Waals surface area contributed by atoms with Crippen molar-refractivity contribution in [3.63, 3.8) is 0 Å². The molecule has 0 aliphatic rings. The first-order valence-corrected chi connectivity index (χ1v) is 9.86. The van der Waals surface area contributed by atoms with E-state index in [4.69, 9.17) is 16.7 Å². The lowest BCUT2D eigenvalue weighted by Crippen LogP contribution is -2.04. The zero-order valence-electron chi connectivity index (χ0n) is 16.2. The Labute approximate surface area is 178 Å². The summed E-state index contributed by atoms with van der Waals surface area (Å²) in [5, 5.41) is 13.0. The maximum atomic E-state index is 6.10. The van der Waals surface area contributed by atoms with Crippen molar-refractivity contribution >= 4 is 23.1 Å². The monoisotopic (exact) mass is 415 g/mol. The van der Waals surface area contributed by atoms with Gasteiger partial charge in [0.15, 0.2) is 11.5 Å². The Bertz CT molecular complexity index is 1340. The van der Waals surface area contributed by atoms with Gasteiger partial charge >= 0.3 is 0 Å². The second-order valence-corrected chi connectivity index (χ2v) is 7.36. The number of nitrogens with zero attached hydrogens (tertiary/aromatic N) is 6. The van der Waals surface area contributed by atoms with Gasteiger partial charge in [0.1, 0.15) is 12.1 Å². The summed E-state index contributed by atoms with van der Waals surface area (Å²) in [5.41, 5.74) is 4.66. The Morgan fingerprint density at radius 1 is 1.03 bits per heavy atom. The Balaban J connectivity index is 1.55. The number of anilines is 1. The lowest BCUT2D eigenvalue weighted by Gasteiger charge is -2.07. The highest BCUT2D eigenvalue weighted by molar-refractivity contribution is 6.30. The molecule has 0 unspecified atom stereocenters. The number of fused-ring (bicyclic) bond motifs is 1. The maximum Gasteiger partial charge on any atom is 0.155 e. The van der Waals surface area contributed by atoms with Gasteiger partial charge in [0.05, 0.1) is 5.69 Å². The van der Waals surface area contributed by atoms with E-state index in [-0.39, 0.29) is 0 Å². The lowest BCUT2D eigenvalue weighted by atomic mass is 10.2. The van der Waals surface area contributed by atoms with E-state index in [0.29, 0.717) is 11.6 Å². The number of benzene rings is 1. The van der Waals surface area contributed by atoms with Gasteiger partial charge in [0.2, 0.25) is 0 Å². The highest BCUT2D eigenvalue weighted by Gasteiger charge is 2.14. The summed E-state index contributed by atoms with van der Waals surface area (Å²) in [6.07, 6.45) is 3.42. The first kappa shape index (κ1) is 18.3. The van der Waals surface area contributed by atoms with E-state index in [1.165, 1.54) is 6.33 Å². The molecular weight excluding hydrogens is 398 g/mol. The Kier molecular flexibility index (Phi) is 4.65. The summed E-state index contributed by atoms with van der Waals surface area (Å²) in [7, 11) is 0. The molecule has 0 atom stereocenters. The molecule has 0 radical (unpaired) electrons. The Hall–Kier alpha value is -3.71. The Morgan fingerprint density at radius 2 is 1.93 bits per heavy atom. The molecule has 1 N–H and O–H groups in total. The van der Waals surface area contributed by atoms with Gasteiger partial charge in [-0.2, -0.15) is 5.10 Å². The largest absolute Gasteiger partial charge is 0.364 e. The van der Waals surface area contributed by atoms with Crippen LogP contribution in [0.25, 0.3) is 22.7 Å². The van der Waals surface area contributed by atoms with Crippen LogP contribution in [0.15, 0.2) is 73.2 Å². The number of nitrogens with one attached hydrogen (secondary N) is 1. The molecule has 7 nitrogen and oxygen atoms in total. The number of hydrogen-bond donors (Lipinski definition) is 1. The van der Waals surface area contributed by atoms with Crippen molar-refractivity contribution in [3.8, 4) is 17.1 Å². The minimum absolute atomic E-state index is 0.613. The van der Waals surface area contributed by atoms with Gasteiger partial charge < -0.3 is 5.32 Å². The number of rotatable bonds is 5. The average Bonchev–Trinajstić information content (AvgIpc) is 3.39. The van der Waals surface area contributed by atoms with Crippen molar-refractivity contribution in [1.29, 1.82) is 0 Å². The molecule has 4 aromatic heterocycles. The van der Waals surface area contributed by atoms with E-state index < -0.39 is 0 Å². The van der Waals surface area contributed by atoms with Crippen molar-refractivity contribution in [2.24, 2.45) is 0 Å². The predicted octanol–water partition coefficient (Wildman–Crippen LogP) is 4.55. The zero-order chi connectivity index (χ0) is 20.5. The van der Waals surface area contributed by atoms with E-state index in [0.717, 1.165) is 39.8 Å².